The minimum atomic E-state index is 0.555. The lowest BCUT2D eigenvalue weighted by Gasteiger charge is -2.09. The summed E-state index contributed by atoms with van der Waals surface area (Å²) in [5, 5.41) is 1.75. The van der Waals surface area contributed by atoms with E-state index in [2.05, 4.69) is 0 Å². The summed E-state index contributed by atoms with van der Waals surface area (Å²) in [4.78, 5) is 0. The Morgan fingerprint density at radius 1 is 0.882 bits per heavy atom. The minimum Gasteiger partial charge on any atom is -0.495 e. The third-order valence-electron chi connectivity index (χ3n) is 2.40. The van der Waals surface area contributed by atoms with E-state index in [9.17, 15) is 0 Å². The molecule has 0 N–H and O–H groups in total. The Balaban J connectivity index is 2.61. The molecule has 0 aliphatic heterocycles. The number of methoxy groups -OCH3 is 1. The van der Waals surface area contributed by atoms with Crippen LogP contribution >= 0.6 is 34.8 Å². The van der Waals surface area contributed by atoms with Gasteiger partial charge in [0.15, 0.2) is 0 Å². The van der Waals surface area contributed by atoms with Crippen LogP contribution in [0.4, 0.5) is 0 Å². The van der Waals surface area contributed by atoms with E-state index < -0.39 is 0 Å². The van der Waals surface area contributed by atoms with Crippen LogP contribution in [0.5, 0.6) is 5.75 Å². The molecule has 0 aromatic heterocycles. The van der Waals surface area contributed by atoms with Crippen LogP contribution in [-0.4, -0.2) is 7.11 Å². The first-order valence-corrected chi connectivity index (χ1v) is 6.05. The molecule has 0 radical (unpaired) electrons. The van der Waals surface area contributed by atoms with Crippen molar-refractivity contribution in [2.24, 2.45) is 0 Å². The summed E-state index contributed by atoms with van der Waals surface area (Å²) < 4.78 is 5.17. The Kier molecular flexibility index (Phi) is 3.82. The molecule has 0 unspecified atom stereocenters. The second kappa shape index (κ2) is 5.18. The Labute approximate surface area is 115 Å². The second-order valence-electron chi connectivity index (χ2n) is 3.45. The van der Waals surface area contributed by atoms with Crippen LogP contribution < -0.4 is 4.74 Å². The number of ether oxygens (including phenoxy) is 1. The van der Waals surface area contributed by atoms with Crippen molar-refractivity contribution in [1.29, 1.82) is 0 Å². The summed E-state index contributed by atoms with van der Waals surface area (Å²) >= 11 is 18.3. The molecule has 0 saturated carbocycles. The lowest BCUT2D eigenvalue weighted by molar-refractivity contribution is 0.415. The molecule has 0 atom stereocenters. The smallest absolute Gasteiger partial charge is 0.138 e. The highest BCUT2D eigenvalue weighted by Crippen LogP contribution is 2.37. The molecule has 0 spiro atoms. The highest BCUT2D eigenvalue weighted by atomic mass is 35.5. The zero-order valence-corrected chi connectivity index (χ0v) is 11.3. The fourth-order valence-corrected chi connectivity index (χ4v) is 2.40. The lowest BCUT2D eigenvalue weighted by atomic mass is 10.1. The topological polar surface area (TPSA) is 9.23 Å². The van der Waals surface area contributed by atoms with Gasteiger partial charge in [0.1, 0.15) is 5.75 Å². The van der Waals surface area contributed by atoms with E-state index >= 15 is 0 Å². The molecule has 0 bridgehead atoms. The van der Waals surface area contributed by atoms with E-state index in [1.54, 1.807) is 31.4 Å². The molecule has 4 heteroatoms. The summed E-state index contributed by atoms with van der Waals surface area (Å²) in [5.41, 5.74) is 1.66. The molecular formula is C13H9Cl3O. The molecule has 2 aromatic carbocycles. The van der Waals surface area contributed by atoms with Gasteiger partial charge in [-0.3, -0.25) is 0 Å². The average molecular weight is 288 g/mol. The van der Waals surface area contributed by atoms with Gasteiger partial charge in [-0.2, -0.15) is 0 Å². The Morgan fingerprint density at radius 2 is 1.53 bits per heavy atom. The van der Waals surface area contributed by atoms with E-state index in [-0.39, 0.29) is 0 Å². The monoisotopic (exact) mass is 286 g/mol. The van der Waals surface area contributed by atoms with E-state index in [4.69, 9.17) is 39.5 Å². The number of rotatable bonds is 2. The van der Waals surface area contributed by atoms with Crippen molar-refractivity contribution in [2.45, 2.75) is 0 Å². The molecule has 2 rings (SSSR count). The third kappa shape index (κ3) is 2.52. The van der Waals surface area contributed by atoms with E-state index in [0.29, 0.717) is 20.8 Å². The maximum atomic E-state index is 6.14. The quantitative estimate of drug-likeness (QED) is 0.726. The number of hydrogen-bond acceptors (Lipinski definition) is 1. The molecule has 17 heavy (non-hydrogen) atoms. The standard InChI is InChI=1S/C13H9Cl3O/c1-17-12-7-8(5-6-9(12)14)13-10(15)3-2-4-11(13)16/h2-7H,1H3. The molecule has 1 nitrogen and oxygen atoms in total. The maximum Gasteiger partial charge on any atom is 0.138 e. The fraction of sp³-hybridized carbons (Fsp3) is 0.0769. The van der Waals surface area contributed by atoms with Gasteiger partial charge < -0.3 is 4.74 Å². The van der Waals surface area contributed by atoms with Crippen LogP contribution in [0.15, 0.2) is 36.4 Å². The van der Waals surface area contributed by atoms with E-state index in [1.165, 1.54) is 0 Å². The first-order valence-electron chi connectivity index (χ1n) is 4.91. The zero-order valence-electron chi connectivity index (χ0n) is 9.01. The van der Waals surface area contributed by atoms with E-state index in [0.717, 1.165) is 11.1 Å². The highest BCUT2D eigenvalue weighted by Gasteiger charge is 2.10. The van der Waals surface area contributed by atoms with Gasteiger partial charge >= 0.3 is 0 Å². The Morgan fingerprint density at radius 3 is 2.12 bits per heavy atom. The number of benzene rings is 2. The molecule has 2 aromatic rings. The highest BCUT2D eigenvalue weighted by molar-refractivity contribution is 6.39. The summed E-state index contributed by atoms with van der Waals surface area (Å²) in [5.74, 6) is 0.597. The fourth-order valence-electron chi connectivity index (χ4n) is 1.59. The third-order valence-corrected chi connectivity index (χ3v) is 3.34. The van der Waals surface area contributed by atoms with Crippen LogP contribution in [0.1, 0.15) is 0 Å². The summed E-state index contributed by atoms with van der Waals surface area (Å²) in [6, 6.07) is 10.8. The molecule has 0 saturated heterocycles. The van der Waals surface area contributed by atoms with Gasteiger partial charge in [0.2, 0.25) is 0 Å². The van der Waals surface area contributed by atoms with Crippen molar-refractivity contribution in [3.05, 3.63) is 51.5 Å². The van der Waals surface area contributed by atoms with E-state index in [1.807, 2.05) is 12.1 Å². The van der Waals surface area contributed by atoms with Gasteiger partial charge in [-0.25, -0.2) is 0 Å². The predicted molar refractivity (Wildman–Crippen MR) is 73.5 cm³/mol. The molecule has 0 amide bonds. The summed E-state index contributed by atoms with van der Waals surface area (Å²) in [6.45, 7) is 0. The van der Waals surface area contributed by atoms with Gasteiger partial charge in [0, 0.05) is 15.6 Å². The largest absolute Gasteiger partial charge is 0.495 e. The maximum absolute atomic E-state index is 6.14. The van der Waals surface area contributed by atoms with Gasteiger partial charge in [-0.15, -0.1) is 0 Å². The van der Waals surface area contributed by atoms with Crippen LogP contribution in [0.2, 0.25) is 15.1 Å². The first kappa shape index (κ1) is 12.6. The van der Waals surface area contributed by atoms with Gasteiger partial charge in [0.25, 0.3) is 0 Å². The molecule has 0 aliphatic rings. The van der Waals surface area contributed by atoms with Crippen LogP contribution in [-0.2, 0) is 0 Å². The number of hydrogen-bond donors (Lipinski definition) is 0. The zero-order chi connectivity index (χ0) is 12.4. The van der Waals surface area contributed by atoms with Crippen molar-refractivity contribution in [1.82, 2.24) is 0 Å². The van der Waals surface area contributed by atoms with Crippen LogP contribution in [0, 0.1) is 0 Å². The lowest BCUT2D eigenvalue weighted by Crippen LogP contribution is -1.87. The van der Waals surface area contributed by atoms with Crippen LogP contribution in [0.3, 0.4) is 0 Å². The van der Waals surface area contributed by atoms with Crippen molar-refractivity contribution < 1.29 is 4.74 Å². The van der Waals surface area contributed by atoms with Crippen molar-refractivity contribution in [2.75, 3.05) is 7.11 Å². The second-order valence-corrected chi connectivity index (χ2v) is 4.67. The molecule has 88 valence electrons. The summed E-state index contributed by atoms with van der Waals surface area (Å²) in [7, 11) is 1.57. The molecular weight excluding hydrogens is 279 g/mol. The van der Waals surface area contributed by atoms with Gasteiger partial charge in [-0.1, -0.05) is 46.9 Å². The van der Waals surface area contributed by atoms with Crippen LogP contribution in [0.25, 0.3) is 11.1 Å². The number of halogens is 3. The van der Waals surface area contributed by atoms with Gasteiger partial charge in [-0.05, 0) is 29.8 Å². The Hall–Kier alpha value is -0.890. The molecule has 0 aliphatic carbocycles. The predicted octanol–water partition coefficient (Wildman–Crippen LogP) is 5.32. The average Bonchev–Trinajstić information content (AvgIpc) is 2.31. The SMILES string of the molecule is COc1cc(-c2c(Cl)cccc2Cl)ccc1Cl. The van der Waals surface area contributed by atoms with Gasteiger partial charge in [0.05, 0.1) is 12.1 Å². The van der Waals surface area contributed by atoms with Crippen molar-refractivity contribution in [3.8, 4) is 16.9 Å². The van der Waals surface area contributed by atoms with Crippen molar-refractivity contribution in [3.63, 3.8) is 0 Å². The normalized spacial score (nSPS) is 10.4. The molecule has 0 heterocycles. The molecule has 0 fully saturated rings. The first-order chi connectivity index (χ1) is 8.13. The summed E-state index contributed by atoms with van der Waals surface area (Å²) in [6.07, 6.45) is 0. The minimum absolute atomic E-state index is 0.555. The van der Waals surface area contributed by atoms with Crippen molar-refractivity contribution >= 4 is 34.8 Å². The Bertz CT molecular complexity index is 532.